The third-order valence-corrected chi connectivity index (χ3v) is 7.51. The standard InChI is InChI=1S/C24H23F2N3O4S/c25-19-5-7-20(8-6-19)33-23-15-17(9-12-27-23)16-28-24(30)18-10-13-29(14-11-18)34(31,32)22-4-2-1-3-21(22)26/h1-9,12,15,18H,10-11,13-14,16H2,(H,28,30). The third-order valence-electron chi connectivity index (χ3n) is 5.58. The van der Waals surface area contributed by atoms with E-state index in [0.717, 1.165) is 11.6 Å². The van der Waals surface area contributed by atoms with Crippen molar-refractivity contribution in [3.8, 4) is 11.6 Å². The van der Waals surface area contributed by atoms with Crippen molar-refractivity contribution in [2.45, 2.75) is 24.3 Å². The van der Waals surface area contributed by atoms with Gasteiger partial charge in [-0.3, -0.25) is 4.79 Å². The molecular formula is C24H23F2N3O4S. The van der Waals surface area contributed by atoms with Crippen molar-refractivity contribution in [3.05, 3.63) is 84.1 Å². The zero-order valence-corrected chi connectivity index (χ0v) is 19.0. The molecule has 0 saturated carbocycles. The average Bonchev–Trinajstić information content (AvgIpc) is 2.84. The first-order valence-corrected chi connectivity index (χ1v) is 12.2. The molecule has 2 heterocycles. The number of halogens is 2. The Balaban J connectivity index is 1.30. The van der Waals surface area contributed by atoms with Crippen molar-refractivity contribution < 1.29 is 26.7 Å². The molecular weight excluding hydrogens is 464 g/mol. The highest BCUT2D eigenvalue weighted by molar-refractivity contribution is 7.89. The number of hydrogen-bond acceptors (Lipinski definition) is 5. The SMILES string of the molecule is O=C(NCc1ccnc(Oc2ccc(F)cc2)c1)C1CCN(S(=O)(=O)c2ccccc2F)CC1. The number of carbonyl (C=O) groups excluding carboxylic acids is 1. The summed E-state index contributed by atoms with van der Waals surface area (Å²) in [5, 5.41) is 2.86. The highest BCUT2D eigenvalue weighted by Gasteiger charge is 2.33. The third kappa shape index (κ3) is 5.57. The summed E-state index contributed by atoms with van der Waals surface area (Å²) in [7, 11) is -3.95. The van der Waals surface area contributed by atoms with Crippen LogP contribution in [0.25, 0.3) is 0 Å². The van der Waals surface area contributed by atoms with Crippen LogP contribution < -0.4 is 10.1 Å². The lowest BCUT2D eigenvalue weighted by Crippen LogP contribution is -2.43. The van der Waals surface area contributed by atoms with Gasteiger partial charge in [-0.25, -0.2) is 22.2 Å². The summed E-state index contributed by atoms with van der Waals surface area (Å²) in [6.45, 7) is 0.522. The van der Waals surface area contributed by atoms with Crippen LogP contribution in [-0.4, -0.2) is 36.7 Å². The van der Waals surface area contributed by atoms with Gasteiger partial charge in [-0.2, -0.15) is 4.31 Å². The molecule has 7 nitrogen and oxygen atoms in total. The maximum absolute atomic E-state index is 14.0. The van der Waals surface area contributed by atoms with E-state index in [1.807, 2.05) is 0 Å². The highest BCUT2D eigenvalue weighted by atomic mass is 32.2. The lowest BCUT2D eigenvalue weighted by molar-refractivity contribution is -0.126. The molecule has 2 aromatic carbocycles. The van der Waals surface area contributed by atoms with Crippen molar-refractivity contribution in [2.75, 3.05) is 13.1 Å². The van der Waals surface area contributed by atoms with E-state index in [1.54, 1.807) is 18.3 Å². The Labute approximate surface area is 196 Å². The minimum absolute atomic E-state index is 0.139. The minimum atomic E-state index is -3.95. The van der Waals surface area contributed by atoms with Crippen LogP contribution in [-0.2, 0) is 21.4 Å². The van der Waals surface area contributed by atoms with Gasteiger partial charge in [0, 0.05) is 37.8 Å². The monoisotopic (exact) mass is 487 g/mol. The molecule has 0 aliphatic carbocycles. The normalized spacial score (nSPS) is 15.1. The number of aromatic nitrogens is 1. The number of nitrogens with zero attached hydrogens (tertiary/aromatic N) is 2. The molecule has 1 saturated heterocycles. The van der Waals surface area contributed by atoms with E-state index in [0.29, 0.717) is 24.5 Å². The van der Waals surface area contributed by atoms with Crippen molar-refractivity contribution >= 4 is 15.9 Å². The summed E-state index contributed by atoms with van der Waals surface area (Å²) in [5.74, 6) is -0.934. The number of piperidine rings is 1. The van der Waals surface area contributed by atoms with Crippen LogP contribution in [0.5, 0.6) is 11.6 Å². The van der Waals surface area contributed by atoms with E-state index in [4.69, 9.17) is 4.74 Å². The molecule has 1 N–H and O–H groups in total. The summed E-state index contributed by atoms with van der Waals surface area (Å²) in [6.07, 6.45) is 2.23. The van der Waals surface area contributed by atoms with Crippen LogP contribution in [0.3, 0.4) is 0 Å². The zero-order chi connectivity index (χ0) is 24.1. The molecule has 1 aliphatic rings. The number of amides is 1. The quantitative estimate of drug-likeness (QED) is 0.547. The molecule has 0 bridgehead atoms. The first kappa shape index (κ1) is 23.8. The number of ether oxygens (including phenoxy) is 1. The van der Waals surface area contributed by atoms with E-state index in [1.165, 1.54) is 46.8 Å². The number of sulfonamides is 1. The van der Waals surface area contributed by atoms with Crippen LogP contribution in [0.4, 0.5) is 8.78 Å². The van der Waals surface area contributed by atoms with Crippen molar-refractivity contribution in [3.63, 3.8) is 0 Å². The van der Waals surface area contributed by atoms with Gasteiger partial charge in [0.25, 0.3) is 0 Å². The van der Waals surface area contributed by atoms with Gasteiger partial charge in [0.1, 0.15) is 22.3 Å². The number of hydrogen-bond donors (Lipinski definition) is 1. The smallest absolute Gasteiger partial charge is 0.245 e. The molecule has 0 unspecified atom stereocenters. The zero-order valence-electron chi connectivity index (χ0n) is 18.2. The second-order valence-electron chi connectivity index (χ2n) is 7.88. The number of rotatable bonds is 7. The minimum Gasteiger partial charge on any atom is -0.439 e. The predicted molar refractivity (Wildman–Crippen MR) is 120 cm³/mol. The molecule has 0 radical (unpaired) electrons. The first-order valence-electron chi connectivity index (χ1n) is 10.7. The summed E-state index contributed by atoms with van der Waals surface area (Å²) in [6, 6.07) is 14.2. The van der Waals surface area contributed by atoms with Gasteiger partial charge in [0.05, 0.1) is 0 Å². The van der Waals surface area contributed by atoms with Gasteiger partial charge >= 0.3 is 0 Å². The van der Waals surface area contributed by atoms with Gasteiger partial charge in [-0.15, -0.1) is 0 Å². The Morgan fingerprint density at radius 1 is 1.06 bits per heavy atom. The van der Waals surface area contributed by atoms with Crippen LogP contribution in [0, 0.1) is 17.6 Å². The predicted octanol–water partition coefficient (Wildman–Crippen LogP) is 3.87. The molecule has 1 fully saturated rings. The van der Waals surface area contributed by atoms with Gasteiger partial charge in [-0.1, -0.05) is 12.1 Å². The highest BCUT2D eigenvalue weighted by Crippen LogP contribution is 2.26. The van der Waals surface area contributed by atoms with Crippen LogP contribution in [0.15, 0.2) is 71.8 Å². The average molecular weight is 488 g/mol. The number of nitrogens with one attached hydrogen (secondary N) is 1. The van der Waals surface area contributed by atoms with Crippen molar-refractivity contribution in [2.24, 2.45) is 5.92 Å². The molecule has 1 aromatic heterocycles. The molecule has 10 heteroatoms. The van der Waals surface area contributed by atoms with Gasteiger partial charge in [0.15, 0.2) is 0 Å². The largest absolute Gasteiger partial charge is 0.439 e. The van der Waals surface area contributed by atoms with Gasteiger partial charge in [-0.05, 0) is 60.9 Å². The summed E-state index contributed by atoms with van der Waals surface area (Å²) in [5.41, 5.74) is 0.764. The maximum Gasteiger partial charge on any atom is 0.245 e. The molecule has 34 heavy (non-hydrogen) atoms. The summed E-state index contributed by atoms with van der Waals surface area (Å²) < 4.78 is 59.3. The maximum atomic E-state index is 14.0. The number of pyridine rings is 1. The van der Waals surface area contributed by atoms with E-state index in [9.17, 15) is 22.0 Å². The number of benzene rings is 2. The summed E-state index contributed by atoms with van der Waals surface area (Å²) >= 11 is 0. The summed E-state index contributed by atoms with van der Waals surface area (Å²) in [4.78, 5) is 16.4. The van der Waals surface area contributed by atoms with Crippen molar-refractivity contribution in [1.29, 1.82) is 0 Å². The fraction of sp³-hybridized carbons (Fsp3) is 0.250. The van der Waals surface area contributed by atoms with Gasteiger partial charge in [0.2, 0.25) is 21.8 Å². The second-order valence-corrected chi connectivity index (χ2v) is 9.79. The Morgan fingerprint density at radius 2 is 1.76 bits per heavy atom. The Bertz CT molecular complexity index is 1260. The lowest BCUT2D eigenvalue weighted by Gasteiger charge is -2.30. The molecule has 0 spiro atoms. The second kappa shape index (κ2) is 10.3. The Morgan fingerprint density at radius 3 is 2.47 bits per heavy atom. The van der Waals surface area contributed by atoms with Crippen LogP contribution in [0.2, 0.25) is 0 Å². The first-order chi connectivity index (χ1) is 16.3. The van der Waals surface area contributed by atoms with E-state index in [2.05, 4.69) is 10.3 Å². The Kier molecular flexibility index (Phi) is 7.18. The lowest BCUT2D eigenvalue weighted by atomic mass is 9.97. The molecule has 1 amide bonds. The Hall–Kier alpha value is -3.37. The van der Waals surface area contributed by atoms with E-state index < -0.39 is 15.8 Å². The van der Waals surface area contributed by atoms with Crippen LogP contribution in [0.1, 0.15) is 18.4 Å². The molecule has 1 aliphatic heterocycles. The van der Waals surface area contributed by atoms with E-state index in [-0.39, 0.29) is 42.2 Å². The fourth-order valence-electron chi connectivity index (χ4n) is 3.72. The van der Waals surface area contributed by atoms with Crippen molar-refractivity contribution in [1.82, 2.24) is 14.6 Å². The van der Waals surface area contributed by atoms with Crippen LogP contribution >= 0.6 is 0 Å². The molecule has 178 valence electrons. The fourth-order valence-corrected chi connectivity index (χ4v) is 5.26. The molecule has 4 rings (SSSR count). The molecule has 0 atom stereocenters. The molecule has 3 aromatic rings. The van der Waals surface area contributed by atoms with E-state index >= 15 is 0 Å². The topological polar surface area (TPSA) is 88.6 Å². The number of carbonyl (C=O) groups is 1. The van der Waals surface area contributed by atoms with Gasteiger partial charge < -0.3 is 10.1 Å².